The summed E-state index contributed by atoms with van der Waals surface area (Å²) in [5, 5.41) is 0. The van der Waals surface area contributed by atoms with E-state index in [0.29, 0.717) is 24.9 Å². The number of nitrogens with two attached hydrogens (primary N) is 1. The van der Waals surface area contributed by atoms with Gasteiger partial charge in [-0.1, -0.05) is 6.42 Å². The summed E-state index contributed by atoms with van der Waals surface area (Å²) in [6.07, 6.45) is 7.39. The summed E-state index contributed by atoms with van der Waals surface area (Å²) in [4.78, 5) is 31.3. The van der Waals surface area contributed by atoms with Crippen LogP contribution in [0, 0.1) is 5.92 Å². The molecule has 1 saturated carbocycles. The van der Waals surface area contributed by atoms with Crippen LogP contribution < -0.4 is 5.73 Å². The minimum atomic E-state index is 0.203. The quantitative estimate of drug-likeness (QED) is 0.823. The number of carbonyl (C=O) groups is 2. The van der Waals surface area contributed by atoms with Gasteiger partial charge >= 0.3 is 0 Å². The van der Waals surface area contributed by atoms with Crippen molar-refractivity contribution in [3.8, 4) is 0 Å². The van der Waals surface area contributed by atoms with Crippen LogP contribution in [-0.2, 0) is 9.59 Å². The van der Waals surface area contributed by atoms with Crippen molar-refractivity contribution in [2.45, 2.75) is 64.0 Å². The first kappa shape index (κ1) is 18.6. The molecule has 0 aromatic carbocycles. The molecule has 3 fully saturated rings. The Morgan fingerprint density at radius 2 is 1.68 bits per heavy atom. The average Bonchev–Trinajstić information content (AvgIpc) is 3.00. The molecule has 142 valence electrons. The molecule has 2 aliphatic heterocycles. The number of piperidine rings is 1. The molecule has 0 spiro atoms. The zero-order chi connectivity index (χ0) is 17.8. The maximum atomic E-state index is 12.5. The molecule has 2 saturated heterocycles. The molecule has 3 aliphatic rings. The highest BCUT2D eigenvalue weighted by Crippen LogP contribution is 2.27. The van der Waals surface area contributed by atoms with Crippen LogP contribution in [0.3, 0.4) is 0 Å². The standard InChI is InChI=1S/C19H34N4O2/c1-15-5-2-3-8-23(15)19(25)14-21-9-11-22(12-10-21)18(24)13-16-6-4-7-17(16)20/h15-17H,2-14,20H2,1H3/t15?,16-,17+/m0/s1. The first-order chi connectivity index (χ1) is 12.0. The summed E-state index contributed by atoms with van der Waals surface area (Å²) < 4.78 is 0. The minimum absolute atomic E-state index is 0.203. The number of rotatable bonds is 4. The van der Waals surface area contributed by atoms with Crippen LogP contribution >= 0.6 is 0 Å². The molecule has 0 bridgehead atoms. The van der Waals surface area contributed by atoms with E-state index in [9.17, 15) is 9.59 Å². The number of amides is 2. The molecule has 2 N–H and O–H groups in total. The van der Waals surface area contributed by atoms with Gasteiger partial charge in [-0.3, -0.25) is 14.5 Å². The Hall–Kier alpha value is -1.14. The lowest BCUT2D eigenvalue weighted by Gasteiger charge is -2.38. The number of hydrogen-bond donors (Lipinski definition) is 1. The molecule has 1 aliphatic carbocycles. The number of piperazine rings is 1. The molecule has 1 unspecified atom stereocenters. The molecule has 2 amide bonds. The maximum Gasteiger partial charge on any atom is 0.236 e. The highest BCUT2D eigenvalue weighted by atomic mass is 16.2. The summed E-state index contributed by atoms with van der Waals surface area (Å²) in [5.74, 6) is 0.870. The van der Waals surface area contributed by atoms with Crippen LogP contribution in [0.5, 0.6) is 0 Å². The Balaban J connectivity index is 1.40. The Morgan fingerprint density at radius 3 is 2.32 bits per heavy atom. The van der Waals surface area contributed by atoms with Gasteiger partial charge in [-0.2, -0.15) is 0 Å². The van der Waals surface area contributed by atoms with E-state index in [1.54, 1.807) is 0 Å². The fourth-order valence-electron chi connectivity index (χ4n) is 4.58. The smallest absolute Gasteiger partial charge is 0.236 e. The Bertz CT molecular complexity index is 476. The van der Waals surface area contributed by atoms with Crippen LogP contribution in [0.25, 0.3) is 0 Å². The number of nitrogens with zero attached hydrogens (tertiary/aromatic N) is 3. The van der Waals surface area contributed by atoms with Crippen LogP contribution in [0.4, 0.5) is 0 Å². The predicted molar refractivity (Wildman–Crippen MR) is 98.0 cm³/mol. The Kier molecular flexibility index (Phi) is 6.34. The highest BCUT2D eigenvalue weighted by Gasteiger charge is 2.30. The second-order valence-corrected chi connectivity index (χ2v) is 8.15. The van der Waals surface area contributed by atoms with Gasteiger partial charge in [-0.05, 0) is 44.9 Å². The first-order valence-electron chi connectivity index (χ1n) is 10.1. The van der Waals surface area contributed by atoms with Gasteiger partial charge < -0.3 is 15.5 Å². The summed E-state index contributed by atoms with van der Waals surface area (Å²) in [6, 6.07) is 0.578. The van der Waals surface area contributed by atoms with E-state index in [2.05, 4.69) is 11.8 Å². The monoisotopic (exact) mass is 350 g/mol. The van der Waals surface area contributed by atoms with Gasteiger partial charge in [-0.25, -0.2) is 0 Å². The summed E-state index contributed by atoms with van der Waals surface area (Å²) >= 11 is 0. The molecular weight excluding hydrogens is 316 g/mol. The minimum Gasteiger partial charge on any atom is -0.340 e. The molecule has 2 heterocycles. The number of carbonyl (C=O) groups excluding carboxylic acids is 2. The molecule has 0 aromatic rings. The molecule has 6 nitrogen and oxygen atoms in total. The summed E-state index contributed by atoms with van der Waals surface area (Å²) in [5.41, 5.74) is 6.09. The highest BCUT2D eigenvalue weighted by molar-refractivity contribution is 5.79. The normalized spacial score (nSPS) is 31.4. The van der Waals surface area contributed by atoms with E-state index < -0.39 is 0 Å². The molecule has 6 heteroatoms. The fraction of sp³-hybridized carbons (Fsp3) is 0.895. The molecule has 25 heavy (non-hydrogen) atoms. The van der Waals surface area contributed by atoms with Crippen molar-refractivity contribution in [2.24, 2.45) is 11.7 Å². The van der Waals surface area contributed by atoms with Crippen LogP contribution in [-0.4, -0.2) is 77.9 Å². The lowest BCUT2D eigenvalue weighted by molar-refractivity contribution is -0.137. The molecule has 3 atom stereocenters. The van der Waals surface area contributed by atoms with Crippen molar-refractivity contribution in [1.82, 2.24) is 14.7 Å². The third-order valence-electron chi connectivity index (χ3n) is 6.36. The maximum absolute atomic E-state index is 12.5. The van der Waals surface area contributed by atoms with E-state index >= 15 is 0 Å². The van der Waals surface area contributed by atoms with Crippen molar-refractivity contribution in [3.05, 3.63) is 0 Å². The van der Waals surface area contributed by atoms with Gasteiger partial charge in [0.1, 0.15) is 0 Å². The second kappa shape index (κ2) is 8.49. The number of likely N-dealkylation sites (tertiary alicyclic amines) is 1. The second-order valence-electron chi connectivity index (χ2n) is 8.15. The van der Waals surface area contributed by atoms with E-state index in [4.69, 9.17) is 5.73 Å². The Labute approximate surface area is 151 Å². The van der Waals surface area contributed by atoms with Crippen molar-refractivity contribution >= 4 is 11.8 Å². The lowest BCUT2D eigenvalue weighted by atomic mass is 9.99. The van der Waals surface area contributed by atoms with Gasteiger partial charge in [0, 0.05) is 51.2 Å². The lowest BCUT2D eigenvalue weighted by Crippen LogP contribution is -2.53. The van der Waals surface area contributed by atoms with E-state index in [1.165, 1.54) is 6.42 Å². The third-order valence-corrected chi connectivity index (χ3v) is 6.36. The summed E-state index contributed by atoms with van der Waals surface area (Å²) in [6.45, 7) is 6.64. The van der Waals surface area contributed by atoms with Gasteiger partial charge in [0.05, 0.1) is 6.54 Å². The van der Waals surface area contributed by atoms with Crippen molar-refractivity contribution in [2.75, 3.05) is 39.3 Å². The molecular formula is C19H34N4O2. The van der Waals surface area contributed by atoms with Crippen LogP contribution in [0.15, 0.2) is 0 Å². The third kappa shape index (κ3) is 4.73. The fourth-order valence-corrected chi connectivity index (χ4v) is 4.58. The zero-order valence-corrected chi connectivity index (χ0v) is 15.7. The van der Waals surface area contributed by atoms with Gasteiger partial charge in [0.15, 0.2) is 0 Å². The van der Waals surface area contributed by atoms with E-state index in [-0.39, 0.29) is 17.9 Å². The topological polar surface area (TPSA) is 69.9 Å². The van der Waals surface area contributed by atoms with Crippen molar-refractivity contribution in [1.29, 1.82) is 0 Å². The SMILES string of the molecule is CC1CCCCN1C(=O)CN1CCN(C(=O)C[C@@H]2CCC[C@H]2N)CC1. The van der Waals surface area contributed by atoms with Gasteiger partial charge in [-0.15, -0.1) is 0 Å². The molecule has 3 rings (SSSR count). The van der Waals surface area contributed by atoms with E-state index in [1.807, 2.05) is 9.80 Å². The Morgan fingerprint density at radius 1 is 0.920 bits per heavy atom. The number of hydrogen-bond acceptors (Lipinski definition) is 4. The van der Waals surface area contributed by atoms with E-state index in [0.717, 1.165) is 64.8 Å². The van der Waals surface area contributed by atoms with Gasteiger partial charge in [0.25, 0.3) is 0 Å². The predicted octanol–water partition coefficient (Wildman–Crippen LogP) is 1.05. The summed E-state index contributed by atoms with van der Waals surface area (Å²) in [7, 11) is 0. The largest absolute Gasteiger partial charge is 0.340 e. The van der Waals surface area contributed by atoms with Crippen LogP contribution in [0.2, 0.25) is 0 Å². The average molecular weight is 351 g/mol. The van der Waals surface area contributed by atoms with Gasteiger partial charge in [0.2, 0.25) is 11.8 Å². The van der Waals surface area contributed by atoms with Crippen LogP contribution in [0.1, 0.15) is 51.9 Å². The molecule has 0 radical (unpaired) electrons. The first-order valence-corrected chi connectivity index (χ1v) is 10.1. The molecule has 0 aromatic heterocycles. The zero-order valence-electron chi connectivity index (χ0n) is 15.7. The van der Waals surface area contributed by atoms with Crippen molar-refractivity contribution in [3.63, 3.8) is 0 Å². The van der Waals surface area contributed by atoms with Crippen molar-refractivity contribution < 1.29 is 9.59 Å².